The minimum Gasteiger partial charge on any atom is -0.454 e. The fourth-order valence-corrected chi connectivity index (χ4v) is 7.33. The molecule has 1 aliphatic heterocycles. The van der Waals surface area contributed by atoms with E-state index >= 15 is 0 Å². The fourth-order valence-electron chi connectivity index (χ4n) is 6.68. The van der Waals surface area contributed by atoms with Gasteiger partial charge in [-0.2, -0.15) is 0 Å². The van der Waals surface area contributed by atoms with Crippen LogP contribution in [-0.4, -0.2) is 35.2 Å². The highest BCUT2D eigenvalue weighted by molar-refractivity contribution is 7.12. The minimum atomic E-state index is -0.621. The second kappa shape index (κ2) is 9.24. The molecule has 2 amide bonds. The fraction of sp³-hybridized carbons (Fsp3) is 0.258. The van der Waals surface area contributed by atoms with Crippen molar-refractivity contribution in [1.82, 2.24) is 4.98 Å². The highest BCUT2D eigenvalue weighted by Crippen LogP contribution is 2.56. The molecule has 8 heteroatoms. The maximum Gasteiger partial charge on any atom is 0.339 e. The smallest absolute Gasteiger partial charge is 0.339 e. The van der Waals surface area contributed by atoms with E-state index < -0.39 is 5.97 Å². The second-order valence-corrected chi connectivity index (χ2v) is 11.4. The van der Waals surface area contributed by atoms with E-state index in [9.17, 15) is 19.2 Å². The minimum absolute atomic E-state index is 0.0968. The number of para-hydroxylation sites is 1. The van der Waals surface area contributed by atoms with E-state index in [2.05, 4.69) is 0 Å². The number of fused-ring (bicyclic) bond motifs is 6. The number of amides is 2. The molecule has 7 rings (SSSR count). The monoisotopic (exact) mass is 536 g/mol. The Labute approximate surface area is 228 Å². The first-order valence-electron chi connectivity index (χ1n) is 13.1. The van der Waals surface area contributed by atoms with Gasteiger partial charge in [0.25, 0.3) is 0 Å². The molecule has 0 N–H and O–H groups in total. The van der Waals surface area contributed by atoms with Crippen molar-refractivity contribution in [1.29, 1.82) is 0 Å². The summed E-state index contributed by atoms with van der Waals surface area (Å²) in [6.45, 7) is -0.357. The Balaban J connectivity index is 1.21. The second-order valence-electron chi connectivity index (χ2n) is 10.5. The Bertz CT molecular complexity index is 1630. The van der Waals surface area contributed by atoms with Crippen LogP contribution in [0.1, 0.15) is 39.3 Å². The first-order valence-corrected chi connectivity index (χ1v) is 14.0. The van der Waals surface area contributed by atoms with E-state index in [4.69, 9.17) is 9.72 Å². The predicted molar refractivity (Wildman–Crippen MR) is 146 cm³/mol. The summed E-state index contributed by atoms with van der Waals surface area (Å²) < 4.78 is 5.41. The maximum absolute atomic E-state index is 13.4. The van der Waals surface area contributed by atoms with Crippen molar-refractivity contribution in [3.05, 3.63) is 82.6 Å². The molecule has 3 aliphatic rings. The molecule has 194 valence electrons. The summed E-state index contributed by atoms with van der Waals surface area (Å²) in [5, 5.41) is 2.41. The number of pyridine rings is 1. The number of esters is 1. The molecule has 2 saturated carbocycles. The average Bonchev–Trinajstić information content (AvgIpc) is 3.76. The third-order valence-electron chi connectivity index (χ3n) is 8.39. The molecule has 1 saturated heterocycles. The molecule has 2 aromatic carbocycles. The number of benzene rings is 2. The van der Waals surface area contributed by atoms with Crippen LogP contribution in [0.5, 0.6) is 0 Å². The summed E-state index contributed by atoms with van der Waals surface area (Å²) in [6.07, 6.45) is 3.04. The van der Waals surface area contributed by atoms with Crippen LogP contribution in [0.25, 0.3) is 22.2 Å². The number of hydrogen-bond acceptors (Lipinski definition) is 7. The molecule has 0 radical (unpaired) electrons. The molecular formula is C31H24N2O5S. The molecule has 3 fully saturated rings. The summed E-state index contributed by atoms with van der Waals surface area (Å²) >= 11 is 1.30. The zero-order valence-corrected chi connectivity index (χ0v) is 21.7. The zero-order chi connectivity index (χ0) is 26.7. The van der Waals surface area contributed by atoms with Crippen LogP contribution < -0.4 is 4.90 Å². The topological polar surface area (TPSA) is 93.6 Å². The van der Waals surface area contributed by atoms with Crippen LogP contribution in [0.3, 0.4) is 0 Å². The van der Waals surface area contributed by atoms with E-state index in [0.717, 1.165) is 19.3 Å². The van der Waals surface area contributed by atoms with Gasteiger partial charge in [0.05, 0.1) is 39.2 Å². The quantitative estimate of drug-likeness (QED) is 0.183. The number of hydrogen-bond donors (Lipinski definition) is 0. The Kier molecular flexibility index (Phi) is 5.66. The number of imide groups is 1. The van der Waals surface area contributed by atoms with E-state index in [1.54, 1.807) is 53.9 Å². The summed E-state index contributed by atoms with van der Waals surface area (Å²) in [5.41, 5.74) is 2.58. The van der Waals surface area contributed by atoms with Crippen molar-refractivity contribution < 1.29 is 23.9 Å². The van der Waals surface area contributed by atoms with Crippen molar-refractivity contribution in [2.75, 3.05) is 11.5 Å². The first kappa shape index (κ1) is 23.9. The largest absolute Gasteiger partial charge is 0.454 e. The molecule has 4 aromatic rings. The van der Waals surface area contributed by atoms with Gasteiger partial charge in [0.1, 0.15) is 0 Å². The third-order valence-corrected chi connectivity index (χ3v) is 9.30. The van der Waals surface area contributed by atoms with Gasteiger partial charge < -0.3 is 4.74 Å². The van der Waals surface area contributed by atoms with Crippen LogP contribution >= 0.6 is 11.3 Å². The van der Waals surface area contributed by atoms with Gasteiger partial charge in [0, 0.05) is 10.9 Å². The number of ketones is 1. The van der Waals surface area contributed by atoms with Gasteiger partial charge in [0.2, 0.25) is 17.6 Å². The van der Waals surface area contributed by atoms with Crippen molar-refractivity contribution in [2.45, 2.75) is 19.3 Å². The van der Waals surface area contributed by atoms with Gasteiger partial charge in [-0.1, -0.05) is 36.4 Å². The molecule has 7 nitrogen and oxygen atoms in total. The molecular weight excluding hydrogens is 512 g/mol. The Morgan fingerprint density at radius 1 is 0.923 bits per heavy atom. The molecule has 2 aromatic heterocycles. The lowest BCUT2D eigenvalue weighted by Gasteiger charge is -2.19. The standard InChI is InChI=1S/C31H24N2O5S/c34-25(26-9-4-12-39-26)16-38-31(37)22-15-24(32-23-8-2-1-7-21(22)23)17-5-3-6-20(14-17)33-29(35)27-18-10-11-19(13-18)28(27)30(33)36/h1-9,12,14-15,18-19,27-28H,10-11,13,16H2/t18-,19+,27-,28-/m0/s1. The Hall–Kier alpha value is -4.17. The van der Waals surface area contributed by atoms with E-state index in [1.807, 2.05) is 18.2 Å². The highest BCUT2D eigenvalue weighted by Gasteiger charge is 2.61. The van der Waals surface area contributed by atoms with Crippen LogP contribution in [0, 0.1) is 23.7 Å². The lowest BCUT2D eigenvalue weighted by molar-refractivity contribution is -0.123. The van der Waals surface area contributed by atoms with E-state index in [0.29, 0.717) is 50.1 Å². The number of carbonyl (C=O) groups is 4. The zero-order valence-electron chi connectivity index (χ0n) is 20.9. The number of Topliss-reactive ketones (excluding diaryl/α,β-unsaturated/α-hetero) is 1. The van der Waals surface area contributed by atoms with Crippen LogP contribution in [-0.2, 0) is 14.3 Å². The average molecular weight is 537 g/mol. The van der Waals surface area contributed by atoms with Gasteiger partial charge in [0.15, 0.2) is 6.61 Å². The summed E-state index contributed by atoms with van der Waals surface area (Å²) in [6, 6.07) is 19.5. The van der Waals surface area contributed by atoms with Crippen molar-refractivity contribution in [3.63, 3.8) is 0 Å². The van der Waals surface area contributed by atoms with E-state index in [1.165, 1.54) is 16.2 Å². The number of carbonyl (C=O) groups excluding carboxylic acids is 4. The molecule has 2 aliphatic carbocycles. The third kappa shape index (κ3) is 3.89. The number of anilines is 1. The highest BCUT2D eigenvalue weighted by atomic mass is 32.1. The number of thiophene rings is 1. The number of ether oxygens (including phenoxy) is 1. The first-order chi connectivity index (χ1) is 19.0. The van der Waals surface area contributed by atoms with Crippen molar-refractivity contribution in [3.8, 4) is 11.3 Å². The number of rotatable bonds is 6. The van der Waals surface area contributed by atoms with Crippen LogP contribution in [0.2, 0.25) is 0 Å². The van der Waals surface area contributed by atoms with Crippen molar-refractivity contribution >= 4 is 51.5 Å². The SMILES string of the molecule is O=C(COC(=O)c1cc(-c2cccc(N3C(=O)[C@H]4[C@@H]5CC[C@@H](C5)[C@@H]4C3=O)c2)nc2ccccc12)c1cccs1. The summed E-state index contributed by atoms with van der Waals surface area (Å²) in [7, 11) is 0. The van der Waals surface area contributed by atoms with Crippen molar-refractivity contribution in [2.24, 2.45) is 23.7 Å². The number of nitrogens with zero attached hydrogens (tertiary/aromatic N) is 2. The molecule has 39 heavy (non-hydrogen) atoms. The summed E-state index contributed by atoms with van der Waals surface area (Å²) in [4.78, 5) is 58.9. The molecule has 2 bridgehead atoms. The van der Waals surface area contributed by atoms with Crippen LogP contribution in [0.4, 0.5) is 5.69 Å². The normalized spacial score (nSPS) is 23.4. The van der Waals surface area contributed by atoms with Crippen LogP contribution in [0.15, 0.2) is 72.1 Å². The molecule has 4 atom stereocenters. The molecule has 0 spiro atoms. The Morgan fingerprint density at radius 2 is 1.69 bits per heavy atom. The van der Waals surface area contributed by atoms with Gasteiger partial charge >= 0.3 is 5.97 Å². The Morgan fingerprint density at radius 3 is 2.44 bits per heavy atom. The van der Waals surface area contributed by atoms with Gasteiger partial charge in [-0.3, -0.25) is 19.3 Å². The lowest BCUT2D eigenvalue weighted by Crippen LogP contribution is -2.32. The van der Waals surface area contributed by atoms with Gasteiger partial charge in [-0.25, -0.2) is 9.78 Å². The maximum atomic E-state index is 13.4. The van der Waals surface area contributed by atoms with E-state index in [-0.39, 0.29) is 36.0 Å². The number of aromatic nitrogens is 1. The van der Waals surface area contributed by atoms with Gasteiger partial charge in [-0.15, -0.1) is 11.3 Å². The molecule has 0 unspecified atom stereocenters. The lowest BCUT2D eigenvalue weighted by atomic mass is 9.81. The molecule has 3 heterocycles. The predicted octanol–water partition coefficient (Wildman–Crippen LogP) is 5.54. The van der Waals surface area contributed by atoms with Gasteiger partial charge in [-0.05, 0) is 66.8 Å². The summed E-state index contributed by atoms with van der Waals surface area (Å²) in [5.74, 6) is -0.846.